The van der Waals surface area contributed by atoms with Crippen molar-refractivity contribution in [2.24, 2.45) is 0 Å². The fraction of sp³-hybridized carbons (Fsp3) is 0.560. The average molecular weight is 501 g/mol. The molecule has 0 bridgehead atoms. The number of fused-ring (bicyclic) bond motifs is 1. The number of sulfonamides is 1. The maximum absolute atomic E-state index is 13.4. The van der Waals surface area contributed by atoms with Crippen molar-refractivity contribution in [2.75, 3.05) is 32.1 Å². The van der Waals surface area contributed by atoms with Gasteiger partial charge in [-0.15, -0.1) is 10.2 Å². The number of anilines is 1. The van der Waals surface area contributed by atoms with Crippen LogP contribution in [0.15, 0.2) is 41.7 Å². The minimum absolute atomic E-state index is 0.187. The van der Waals surface area contributed by atoms with Gasteiger partial charge >= 0.3 is 0 Å². The Hall–Kier alpha value is -2.56. The van der Waals surface area contributed by atoms with Crippen molar-refractivity contribution in [1.82, 2.24) is 24.1 Å². The van der Waals surface area contributed by atoms with Crippen LogP contribution in [-0.4, -0.2) is 64.8 Å². The van der Waals surface area contributed by atoms with E-state index in [4.69, 9.17) is 4.74 Å². The summed E-state index contributed by atoms with van der Waals surface area (Å²) >= 11 is 0. The molecule has 1 fully saturated rings. The van der Waals surface area contributed by atoms with Gasteiger partial charge in [0, 0.05) is 56.2 Å². The third-order valence-electron chi connectivity index (χ3n) is 6.08. The average Bonchev–Trinajstić information content (AvgIpc) is 3.55. The van der Waals surface area contributed by atoms with Crippen molar-refractivity contribution in [3.8, 4) is 0 Å². The number of hydrogen-bond donors (Lipinski definition) is 1. The Morgan fingerprint density at radius 3 is 2.63 bits per heavy atom. The predicted molar refractivity (Wildman–Crippen MR) is 137 cm³/mol. The van der Waals surface area contributed by atoms with Crippen molar-refractivity contribution < 1.29 is 13.2 Å². The third kappa shape index (κ3) is 6.36. The van der Waals surface area contributed by atoms with Gasteiger partial charge in [0.05, 0.1) is 5.60 Å². The number of nitrogens with one attached hydrogen (secondary N) is 1. The van der Waals surface area contributed by atoms with Crippen molar-refractivity contribution in [3.05, 3.63) is 42.6 Å². The predicted octanol–water partition coefficient (Wildman–Crippen LogP) is 4.03. The van der Waals surface area contributed by atoms with Crippen LogP contribution >= 0.6 is 0 Å². The van der Waals surface area contributed by atoms with Gasteiger partial charge in [-0.05, 0) is 46.5 Å². The molecule has 10 heteroatoms. The second-order valence-electron chi connectivity index (χ2n) is 10.1. The van der Waals surface area contributed by atoms with Crippen LogP contribution < -0.4 is 5.32 Å². The van der Waals surface area contributed by atoms with Crippen LogP contribution in [0.25, 0.3) is 10.8 Å². The van der Waals surface area contributed by atoms with Crippen LogP contribution in [0.4, 0.5) is 5.82 Å². The molecule has 0 atom stereocenters. The Morgan fingerprint density at radius 2 is 1.91 bits per heavy atom. The van der Waals surface area contributed by atoms with Crippen LogP contribution in [0.1, 0.15) is 58.2 Å². The normalized spacial score (nSPS) is 14.7. The largest absolute Gasteiger partial charge is 0.376 e. The van der Waals surface area contributed by atoms with E-state index in [1.54, 1.807) is 13.4 Å². The molecule has 2 heterocycles. The Labute approximate surface area is 208 Å². The zero-order valence-electron chi connectivity index (χ0n) is 21.1. The van der Waals surface area contributed by atoms with Crippen LogP contribution in [0.5, 0.6) is 0 Å². The number of aromatic nitrogens is 4. The van der Waals surface area contributed by atoms with E-state index in [-0.39, 0.29) is 10.5 Å². The molecule has 1 N–H and O–H groups in total. The van der Waals surface area contributed by atoms with E-state index in [2.05, 4.69) is 25.1 Å². The van der Waals surface area contributed by atoms with E-state index >= 15 is 0 Å². The first-order valence-electron chi connectivity index (χ1n) is 12.3. The van der Waals surface area contributed by atoms with Gasteiger partial charge < -0.3 is 14.6 Å². The first-order chi connectivity index (χ1) is 16.7. The maximum atomic E-state index is 13.4. The molecule has 1 saturated carbocycles. The minimum Gasteiger partial charge on any atom is -0.376 e. The van der Waals surface area contributed by atoms with E-state index in [0.29, 0.717) is 36.8 Å². The van der Waals surface area contributed by atoms with E-state index in [0.717, 1.165) is 30.6 Å². The topological polar surface area (TPSA) is 102 Å². The second kappa shape index (κ2) is 10.6. The molecule has 0 unspecified atom stereocenters. The molecule has 9 nitrogen and oxygen atoms in total. The molecule has 1 aliphatic rings. The number of ether oxygens (including phenoxy) is 1. The molecule has 1 aromatic carbocycles. The van der Waals surface area contributed by atoms with Gasteiger partial charge in [-0.3, -0.25) is 0 Å². The number of benzene rings is 1. The summed E-state index contributed by atoms with van der Waals surface area (Å²) in [7, 11) is -2.06. The molecule has 0 radical (unpaired) electrons. The lowest BCUT2D eigenvalue weighted by Gasteiger charge is -2.21. The molecule has 3 aromatic rings. The van der Waals surface area contributed by atoms with Crippen LogP contribution in [0.2, 0.25) is 0 Å². The number of pyridine rings is 1. The lowest BCUT2D eigenvalue weighted by Crippen LogP contribution is -2.29. The van der Waals surface area contributed by atoms with Crippen LogP contribution in [0.3, 0.4) is 0 Å². The summed E-state index contributed by atoms with van der Waals surface area (Å²) in [4.78, 5) is 4.73. The molecular formula is C25H36N6O3S. The van der Waals surface area contributed by atoms with Crippen molar-refractivity contribution >= 4 is 26.6 Å². The van der Waals surface area contributed by atoms with Crippen molar-refractivity contribution in [3.63, 3.8) is 0 Å². The first-order valence-corrected chi connectivity index (χ1v) is 13.7. The summed E-state index contributed by atoms with van der Waals surface area (Å²) in [5.41, 5.74) is -0.187. The maximum Gasteiger partial charge on any atom is 0.244 e. The highest BCUT2D eigenvalue weighted by molar-refractivity contribution is 7.89. The summed E-state index contributed by atoms with van der Waals surface area (Å²) < 4.78 is 36.0. The molecule has 35 heavy (non-hydrogen) atoms. The van der Waals surface area contributed by atoms with E-state index in [9.17, 15) is 8.42 Å². The van der Waals surface area contributed by atoms with Gasteiger partial charge in [0.2, 0.25) is 10.0 Å². The molecule has 4 rings (SSSR count). The fourth-order valence-electron chi connectivity index (χ4n) is 4.00. The molecule has 0 saturated heterocycles. The molecule has 0 aliphatic heterocycles. The number of nitrogens with zero attached hydrogens (tertiary/aromatic N) is 5. The number of rotatable bonds is 12. The van der Waals surface area contributed by atoms with Crippen LogP contribution in [-0.2, 0) is 21.3 Å². The second-order valence-corrected chi connectivity index (χ2v) is 12.1. The molecule has 1 aliphatic carbocycles. The lowest BCUT2D eigenvalue weighted by molar-refractivity contribution is -0.00479. The summed E-state index contributed by atoms with van der Waals surface area (Å²) in [6, 6.07) is 7.50. The molecule has 0 spiro atoms. The standard InChI is InChI=1S/C25H36N6O3S/c1-25(2,3)34-16-8-7-14-30(4)35(32,33)22-17-27-23(21-10-6-5-9-20(21)22)26-13-15-31-18-28-29-24(31)19-11-12-19/h5-6,9-10,17-19H,7-8,11-16H2,1-4H3,(H,26,27). The van der Waals surface area contributed by atoms with Crippen molar-refractivity contribution in [2.45, 2.75) is 69.4 Å². The highest BCUT2D eigenvalue weighted by atomic mass is 32.2. The van der Waals surface area contributed by atoms with Crippen molar-refractivity contribution in [1.29, 1.82) is 0 Å². The Kier molecular flexibility index (Phi) is 7.73. The fourth-order valence-corrected chi connectivity index (χ4v) is 5.35. The van der Waals surface area contributed by atoms with Gasteiger partial charge in [-0.25, -0.2) is 17.7 Å². The smallest absolute Gasteiger partial charge is 0.244 e. The SMILES string of the molecule is CN(CCCCOC(C)(C)C)S(=O)(=O)c1cnc(NCCn2cnnc2C2CC2)c2ccccc12. The van der Waals surface area contributed by atoms with E-state index in [1.807, 2.05) is 45.0 Å². The first kappa shape index (κ1) is 25.5. The highest BCUT2D eigenvalue weighted by Crippen LogP contribution is 2.38. The molecule has 190 valence electrons. The van der Waals surface area contributed by atoms with E-state index in [1.165, 1.54) is 23.3 Å². The van der Waals surface area contributed by atoms with E-state index < -0.39 is 10.0 Å². The molecular weight excluding hydrogens is 464 g/mol. The zero-order valence-corrected chi connectivity index (χ0v) is 21.9. The summed E-state index contributed by atoms with van der Waals surface area (Å²) in [5.74, 6) is 2.24. The number of unbranched alkanes of at least 4 members (excludes halogenated alkanes) is 1. The van der Waals surface area contributed by atoms with Gasteiger partial charge in [0.15, 0.2) is 0 Å². The van der Waals surface area contributed by atoms with Gasteiger partial charge in [-0.1, -0.05) is 24.3 Å². The summed E-state index contributed by atoms with van der Waals surface area (Å²) in [6.45, 7) is 8.43. The summed E-state index contributed by atoms with van der Waals surface area (Å²) in [6.07, 6.45) is 7.10. The Bertz CT molecular complexity index is 1250. The minimum atomic E-state index is -3.68. The molecule has 2 aromatic heterocycles. The Balaban J connectivity index is 1.43. The van der Waals surface area contributed by atoms with Gasteiger partial charge in [0.25, 0.3) is 0 Å². The summed E-state index contributed by atoms with van der Waals surface area (Å²) in [5, 5.41) is 13.1. The Morgan fingerprint density at radius 1 is 1.17 bits per heavy atom. The zero-order chi connectivity index (χ0) is 25.1. The number of hydrogen-bond acceptors (Lipinski definition) is 7. The quantitative estimate of drug-likeness (QED) is 0.375. The highest BCUT2D eigenvalue weighted by Gasteiger charge is 2.28. The van der Waals surface area contributed by atoms with Gasteiger partial charge in [-0.2, -0.15) is 0 Å². The lowest BCUT2D eigenvalue weighted by atomic mass is 10.1. The third-order valence-corrected chi connectivity index (χ3v) is 7.97. The van der Waals surface area contributed by atoms with Crippen LogP contribution in [0, 0.1) is 0 Å². The van der Waals surface area contributed by atoms with Gasteiger partial charge in [0.1, 0.15) is 22.9 Å². The monoisotopic (exact) mass is 500 g/mol. The molecule has 0 amide bonds.